The molecule has 1 fully saturated rings. The molecule has 4 rings (SSSR count). The Morgan fingerprint density at radius 2 is 1.89 bits per heavy atom. The highest BCUT2D eigenvalue weighted by Crippen LogP contribution is 2.24. The van der Waals surface area contributed by atoms with E-state index in [1.165, 1.54) is 13.5 Å². The number of ether oxygens (including phenoxy) is 1. The number of rotatable bonds is 4. The molecule has 0 bridgehead atoms. The Kier molecular flexibility index (Phi) is 5.43. The minimum Gasteiger partial charge on any atom is -0.367 e. The van der Waals surface area contributed by atoms with Gasteiger partial charge in [0.15, 0.2) is 6.10 Å². The van der Waals surface area contributed by atoms with Crippen LogP contribution in [0.25, 0.3) is 0 Å². The minimum absolute atomic E-state index is 0.126. The number of hydrogen-bond donors (Lipinski definition) is 1. The van der Waals surface area contributed by atoms with Gasteiger partial charge in [0.1, 0.15) is 0 Å². The number of nitrogens with zero attached hydrogens (tertiary/aromatic N) is 3. The van der Waals surface area contributed by atoms with Gasteiger partial charge in [-0.2, -0.15) is 0 Å². The summed E-state index contributed by atoms with van der Waals surface area (Å²) in [4.78, 5) is 37.2. The molecule has 148 valence electrons. The molecule has 7 nitrogen and oxygen atoms in total. The Morgan fingerprint density at radius 1 is 1.14 bits per heavy atom. The number of hydrogen-bond acceptors (Lipinski definition) is 5. The first-order chi connectivity index (χ1) is 13.7. The number of carbonyl (C=O) groups excluding carboxylic acids is 1. The average Bonchev–Trinajstić information content (AvgIpc) is 2.75. The maximum Gasteiger partial charge on any atom is 0.257 e. The molecule has 2 aliphatic heterocycles. The summed E-state index contributed by atoms with van der Waals surface area (Å²) in [5.41, 5.74) is 2.07. The van der Waals surface area contributed by atoms with Crippen LogP contribution < -0.4 is 10.5 Å². The molecular formula is C21H26N4O3. The van der Waals surface area contributed by atoms with E-state index in [1.807, 2.05) is 30.3 Å². The number of fused-ring (bicyclic) bond motifs is 1. The van der Waals surface area contributed by atoms with Crippen molar-refractivity contribution in [1.82, 2.24) is 14.9 Å². The second-order valence-corrected chi connectivity index (χ2v) is 7.40. The molecular weight excluding hydrogens is 356 g/mol. The largest absolute Gasteiger partial charge is 0.367 e. The Labute approximate surface area is 164 Å². The molecule has 1 aromatic heterocycles. The van der Waals surface area contributed by atoms with Gasteiger partial charge >= 0.3 is 0 Å². The van der Waals surface area contributed by atoms with Crippen LogP contribution in [0.15, 0.2) is 35.1 Å². The van der Waals surface area contributed by atoms with E-state index in [-0.39, 0.29) is 18.0 Å². The van der Waals surface area contributed by atoms with Gasteiger partial charge in [-0.3, -0.25) is 14.6 Å². The zero-order valence-corrected chi connectivity index (χ0v) is 16.2. The number of amides is 1. The van der Waals surface area contributed by atoms with Crippen LogP contribution in [-0.2, 0) is 22.5 Å². The fraction of sp³-hybridized carbons (Fsp3) is 0.476. The van der Waals surface area contributed by atoms with Gasteiger partial charge in [-0.25, -0.2) is 4.98 Å². The number of aromatic nitrogens is 2. The van der Waals surface area contributed by atoms with Gasteiger partial charge in [0, 0.05) is 33.2 Å². The van der Waals surface area contributed by atoms with E-state index in [1.54, 1.807) is 4.90 Å². The monoisotopic (exact) mass is 382 g/mol. The molecule has 0 saturated carbocycles. The van der Waals surface area contributed by atoms with Crippen LogP contribution in [0.3, 0.4) is 0 Å². The third kappa shape index (κ3) is 3.67. The standard InChI is InChI=1S/C21H26N4O3/c1-28-18(15-8-4-2-5-9-15)20(27)25-13-10-17-16(14-25)19(26)23-21(22-17)24-11-6-3-7-12-24/h2,4-5,8-9,18H,3,6-7,10-14H2,1H3,(H,22,23,26)/t18-/m1/s1. The van der Waals surface area contributed by atoms with Gasteiger partial charge in [-0.15, -0.1) is 0 Å². The molecule has 28 heavy (non-hydrogen) atoms. The van der Waals surface area contributed by atoms with Crippen molar-refractivity contribution in [2.75, 3.05) is 31.6 Å². The highest BCUT2D eigenvalue weighted by molar-refractivity contribution is 5.82. The van der Waals surface area contributed by atoms with Crippen molar-refractivity contribution in [2.24, 2.45) is 0 Å². The van der Waals surface area contributed by atoms with Crippen molar-refractivity contribution in [3.8, 4) is 0 Å². The van der Waals surface area contributed by atoms with Crippen molar-refractivity contribution in [3.05, 3.63) is 57.5 Å². The lowest BCUT2D eigenvalue weighted by molar-refractivity contribution is -0.143. The normalized spacial score (nSPS) is 17.9. The smallest absolute Gasteiger partial charge is 0.257 e. The van der Waals surface area contributed by atoms with E-state index in [2.05, 4.69) is 9.88 Å². The molecule has 1 N–H and O–H groups in total. The number of benzene rings is 1. The zero-order chi connectivity index (χ0) is 19.5. The number of nitrogens with one attached hydrogen (secondary N) is 1. The van der Waals surface area contributed by atoms with E-state index < -0.39 is 6.10 Å². The van der Waals surface area contributed by atoms with E-state index in [4.69, 9.17) is 9.72 Å². The van der Waals surface area contributed by atoms with Gasteiger partial charge in [0.2, 0.25) is 5.95 Å². The van der Waals surface area contributed by atoms with Gasteiger partial charge in [0.25, 0.3) is 11.5 Å². The fourth-order valence-corrected chi connectivity index (χ4v) is 4.03. The number of piperidine rings is 1. The highest BCUT2D eigenvalue weighted by Gasteiger charge is 2.30. The first kappa shape index (κ1) is 18.7. The van der Waals surface area contributed by atoms with Gasteiger partial charge in [-0.05, 0) is 24.8 Å². The lowest BCUT2D eigenvalue weighted by Gasteiger charge is -2.32. The van der Waals surface area contributed by atoms with Gasteiger partial charge < -0.3 is 14.5 Å². The van der Waals surface area contributed by atoms with Gasteiger partial charge in [-0.1, -0.05) is 30.3 Å². The molecule has 2 aromatic rings. The van der Waals surface area contributed by atoms with E-state index in [0.29, 0.717) is 24.5 Å². The zero-order valence-electron chi connectivity index (χ0n) is 16.2. The SMILES string of the molecule is CO[C@@H](C(=O)N1CCc2nc(N3CCCCC3)[nH]c(=O)c2C1)c1ccccc1. The predicted octanol–water partition coefficient (Wildman–Crippen LogP) is 2.03. The molecule has 7 heteroatoms. The Hall–Kier alpha value is -2.67. The molecule has 0 aliphatic carbocycles. The summed E-state index contributed by atoms with van der Waals surface area (Å²) in [6.07, 6.45) is 3.39. The number of anilines is 1. The van der Waals surface area contributed by atoms with Crippen LogP contribution in [0.5, 0.6) is 0 Å². The van der Waals surface area contributed by atoms with Crippen LogP contribution in [-0.4, -0.2) is 47.5 Å². The minimum atomic E-state index is -0.664. The van der Waals surface area contributed by atoms with Crippen LogP contribution >= 0.6 is 0 Å². The second kappa shape index (κ2) is 8.14. The van der Waals surface area contributed by atoms with E-state index in [0.717, 1.165) is 37.2 Å². The summed E-state index contributed by atoms with van der Waals surface area (Å²) < 4.78 is 5.47. The third-order valence-electron chi connectivity index (χ3n) is 5.59. The molecule has 1 aromatic carbocycles. The van der Waals surface area contributed by atoms with Crippen molar-refractivity contribution in [3.63, 3.8) is 0 Å². The maximum absolute atomic E-state index is 13.0. The number of methoxy groups -OCH3 is 1. The summed E-state index contributed by atoms with van der Waals surface area (Å²) in [5.74, 6) is 0.543. The summed E-state index contributed by atoms with van der Waals surface area (Å²) in [7, 11) is 1.53. The van der Waals surface area contributed by atoms with E-state index >= 15 is 0 Å². The molecule has 1 amide bonds. The lowest BCUT2D eigenvalue weighted by Crippen LogP contribution is -2.43. The van der Waals surface area contributed by atoms with Crippen molar-refractivity contribution in [1.29, 1.82) is 0 Å². The maximum atomic E-state index is 13.0. The first-order valence-electron chi connectivity index (χ1n) is 9.91. The average molecular weight is 382 g/mol. The Morgan fingerprint density at radius 3 is 2.61 bits per heavy atom. The molecule has 2 aliphatic rings. The molecule has 3 heterocycles. The van der Waals surface area contributed by atoms with Crippen molar-refractivity contribution < 1.29 is 9.53 Å². The number of H-pyrrole nitrogens is 1. The predicted molar refractivity (Wildman–Crippen MR) is 106 cm³/mol. The summed E-state index contributed by atoms with van der Waals surface area (Å²) in [5, 5.41) is 0. The van der Waals surface area contributed by atoms with Crippen LogP contribution in [0.4, 0.5) is 5.95 Å². The summed E-state index contributed by atoms with van der Waals surface area (Å²) in [6, 6.07) is 9.43. The summed E-state index contributed by atoms with van der Waals surface area (Å²) >= 11 is 0. The van der Waals surface area contributed by atoms with Crippen LogP contribution in [0.1, 0.15) is 42.2 Å². The number of aromatic amines is 1. The highest BCUT2D eigenvalue weighted by atomic mass is 16.5. The van der Waals surface area contributed by atoms with Crippen LogP contribution in [0, 0.1) is 0 Å². The Bertz CT molecular complexity index is 890. The van der Waals surface area contributed by atoms with Crippen molar-refractivity contribution >= 4 is 11.9 Å². The first-order valence-corrected chi connectivity index (χ1v) is 9.91. The molecule has 0 spiro atoms. The lowest BCUT2D eigenvalue weighted by atomic mass is 10.0. The third-order valence-corrected chi connectivity index (χ3v) is 5.59. The molecule has 0 radical (unpaired) electrons. The van der Waals surface area contributed by atoms with Gasteiger partial charge in [0.05, 0.1) is 17.8 Å². The molecule has 0 unspecified atom stereocenters. The van der Waals surface area contributed by atoms with E-state index in [9.17, 15) is 9.59 Å². The molecule has 1 saturated heterocycles. The quantitative estimate of drug-likeness (QED) is 0.875. The summed E-state index contributed by atoms with van der Waals surface area (Å²) in [6.45, 7) is 2.66. The topological polar surface area (TPSA) is 78.5 Å². The molecule has 1 atom stereocenters. The number of carbonyl (C=O) groups is 1. The Balaban J connectivity index is 1.54. The van der Waals surface area contributed by atoms with Crippen molar-refractivity contribution in [2.45, 2.75) is 38.3 Å². The fourth-order valence-electron chi connectivity index (χ4n) is 4.03. The second-order valence-electron chi connectivity index (χ2n) is 7.40. The van der Waals surface area contributed by atoms with Crippen LogP contribution in [0.2, 0.25) is 0 Å².